The molecule has 1 aliphatic heterocycles. The highest BCUT2D eigenvalue weighted by Crippen LogP contribution is 2.13. The number of benzene rings is 1. The zero-order chi connectivity index (χ0) is 13.5. The Balaban J connectivity index is 1.77. The van der Waals surface area contributed by atoms with E-state index < -0.39 is 0 Å². The van der Waals surface area contributed by atoms with Gasteiger partial charge in [0.25, 0.3) is 0 Å². The molecule has 0 spiro atoms. The lowest BCUT2D eigenvalue weighted by molar-refractivity contribution is 0.294. The number of rotatable bonds is 6. The molecule has 1 aliphatic rings. The van der Waals surface area contributed by atoms with Crippen molar-refractivity contribution in [3.05, 3.63) is 35.4 Å². The van der Waals surface area contributed by atoms with Crippen LogP contribution >= 0.6 is 11.8 Å². The first-order valence-electron chi connectivity index (χ1n) is 7.32. The lowest BCUT2D eigenvalue weighted by Gasteiger charge is -2.26. The van der Waals surface area contributed by atoms with Crippen molar-refractivity contribution in [2.24, 2.45) is 5.92 Å². The van der Waals surface area contributed by atoms with Crippen LogP contribution in [0.25, 0.3) is 0 Å². The lowest BCUT2D eigenvalue weighted by Crippen LogP contribution is -2.31. The van der Waals surface area contributed by atoms with Crippen LogP contribution in [0, 0.1) is 5.92 Å². The van der Waals surface area contributed by atoms with E-state index in [1.54, 1.807) is 0 Å². The summed E-state index contributed by atoms with van der Waals surface area (Å²) in [5.41, 5.74) is 2.83. The van der Waals surface area contributed by atoms with Gasteiger partial charge in [-0.1, -0.05) is 38.1 Å². The van der Waals surface area contributed by atoms with Gasteiger partial charge in [-0.2, -0.15) is 11.8 Å². The smallest absolute Gasteiger partial charge is 0.0234 e. The molecule has 0 aromatic heterocycles. The highest BCUT2D eigenvalue weighted by molar-refractivity contribution is 7.99. The molecule has 0 radical (unpaired) electrons. The van der Waals surface area contributed by atoms with E-state index in [2.05, 4.69) is 60.1 Å². The van der Waals surface area contributed by atoms with Crippen LogP contribution in [0.15, 0.2) is 24.3 Å². The van der Waals surface area contributed by atoms with Gasteiger partial charge in [0.15, 0.2) is 0 Å². The van der Waals surface area contributed by atoms with Crippen molar-refractivity contribution in [1.29, 1.82) is 0 Å². The van der Waals surface area contributed by atoms with E-state index in [4.69, 9.17) is 0 Å². The van der Waals surface area contributed by atoms with Gasteiger partial charge in [-0.25, -0.2) is 0 Å². The average molecular weight is 278 g/mol. The van der Waals surface area contributed by atoms with Gasteiger partial charge >= 0.3 is 0 Å². The molecule has 106 valence electrons. The SMILES string of the molecule is CC(C)CNCc1ccc(CN2CCSCC2)cc1. The summed E-state index contributed by atoms with van der Waals surface area (Å²) < 4.78 is 0. The molecule has 1 fully saturated rings. The standard InChI is InChI=1S/C16H26N2S/c1-14(2)11-17-12-15-3-5-16(6-4-15)13-18-7-9-19-10-8-18/h3-6,14,17H,7-13H2,1-2H3. The molecule has 0 unspecified atom stereocenters. The molecular formula is C16H26N2S. The van der Waals surface area contributed by atoms with Crippen LogP contribution in [0.5, 0.6) is 0 Å². The van der Waals surface area contributed by atoms with E-state index in [9.17, 15) is 0 Å². The summed E-state index contributed by atoms with van der Waals surface area (Å²) in [6, 6.07) is 9.10. The first-order valence-corrected chi connectivity index (χ1v) is 8.48. The second-order valence-electron chi connectivity index (χ2n) is 5.73. The normalized spacial score (nSPS) is 17.0. The minimum Gasteiger partial charge on any atom is -0.312 e. The number of hydrogen-bond donors (Lipinski definition) is 1. The van der Waals surface area contributed by atoms with Gasteiger partial charge in [-0.05, 0) is 23.6 Å². The Labute approximate surface area is 122 Å². The zero-order valence-corrected chi connectivity index (χ0v) is 13.0. The number of thioether (sulfide) groups is 1. The molecule has 1 aromatic rings. The van der Waals surface area contributed by atoms with Crippen molar-refractivity contribution >= 4 is 11.8 Å². The van der Waals surface area contributed by atoms with E-state index in [1.165, 1.54) is 35.7 Å². The molecule has 1 aromatic carbocycles. The molecule has 2 rings (SSSR count). The van der Waals surface area contributed by atoms with Crippen LogP contribution in [0.2, 0.25) is 0 Å². The van der Waals surface area contributed by atoms with E-state index >= 15 is 0 Å². The van der Waals surface area contributed by atoms with Gasteiger partial charge in [0.05, 0.1) is 0 Å². The van der Waals surface area contributed by atoms with Crippen molar-refractivity contribution in [1.82, 2.24) is 10.2 Å². The van der Waals surface area contributed by atoms with Crippen LogP contribution in [0.4, 0.5) is 0 Å². The molecule has 3 heteroatoms. The molecule has 0 amide bonds. The van der Waals surface area contributed by atoms with Crippen molar-refractivity contribution in [2.75, 3.05) is 31.1 Å². The summed E-state index contributed by atoms with van der Waals surface area (Å²) in [4.78, 5) is 2.56. The van der Waals surface area contributed by atoms with Gasteiger partial charge in [-0.15, -0.1) is 0 Å². The molecule has 19 heavy (non-hydrogen) atoms. The first-order chi connectivity index (χ1) is 9.24. The van der Waals surface area contributed by atoms with Crippen LogP contribution in [-0.4, -0.2) is 36.0 Å². The topological polar surface area (TPSA) is 15.3 Å². The average Bonchev–Trinajstić information content (AvgIpc) is 2.42. The number of nitrogens with zero attached hydrogens (tertiary/aromatic N) is 1. The fourth-order valence-corrected chi connectivity index (χ4v) is 3.26. The molecular weight excluding hydrogens is 252 g/mol. The fourth-order valence-electron chi connectivity index (χ4n) is 2.29. The highest BCUT2D eigenvalue weighted by atomic mass is 32.2. The quantitative estimate of drug-likeness (QED) is 0.861. The maximum absolute atomic E-state index is 3.49. The highest BCUT2D eigenvalue weighted by Gasteiger charge is 2.10. The Morgan fingerprint density at radius 1 is 1.11 bits per heavy atom. The molecule has 0 aliphatic carbocycles. The summed E-state index contributed by atoms with van der Waals surface area (Å²) in [5.74, 6) is 3.30. The molecule has 1 saturated heterocycles. The maximum atomic E-state index is 3.49. The largest absolute Gasteiger partial charge is 0.312 e. The minimum atomic E-state index is 0.719. The van der Waals surface area contributed by atoms with Crippen LogP contribution in [-0.2, 0) is 13.1 Å². The molecule has 0 saturated carbocycles. The van der Waals surface area contributed by atoms with Gasteiger partial charge in [0, 0.05) is 37.7 Å². The third-order valence-corrected chi connectivity index (χ3v) is 4.36. The van der Waals surface area contributed by atoms with E-state index in [0.717, 1.165) is 25.6 Å². The number of nitrogens with one attached hydrogen (secondary N) is 1. The molecule has 1 heterocycles. The summed E-state index contributed by atoms with van der Waals surface area (Å²) >= 11 is 2.07. The maximum Gasteiger partial charge on any atom is 0.0234 e. The van der Waals surface area contributed by atoms with Crippen LogP contribution in [0.3, 0.4) is 0 Å². The van der Waals surface area contributed by atoms with E-state index in [-0.39, 0.29) is 0 Å². The van der Waals surface area contributed by atoms with Crippen molar-refractivity contribution in [3.8, 4) is 0 Å². The van der Waals surface area contributed by atoms with Gasteiger partial charge in [0.2, 0.25) is 0 Å². The Morgan fingerprint density at radius 3 is 2.37 bits per heavy atom. The van der Waals surface area contributed by atoms with E-state index in [1.807, 2.05) is 0 Å². The van der Waals surface area contributed by atoms with Crippen molar-refractivity contribution < 1.29 is 0 Å². The van der Waals surface area contributed by atoms with Crippen molar-refractivity contribution in [2.45, 2.75) is 26.9 Å². The van der Waals surface area contributed by atoms with Crippen LogP contribution < -0.4 is 5.32 Å². The zero-order valence-electron chi connectivity index (χ0n) is 12.2. The first kappa shape index (κ1) is 14.9. The van der Waals surface area contributed by atoms with Crippen LogP contribution in [0.1, 0.15) is 25.0 Å². The summed E-state index contributed by atoms with van der Waals surface area (Å²) in [7, 11) is 0. The lowest BCUT2D eigenvalue weighted by atomic mass is 10.1. The molecule has 1 N–H and O–H groups in total. The third-order valence-electron chi connectivity index (χ3n) is 3.41. The Hall–Kier alpha value is -0.510. The third kappa shape index (κ3) is 5.55. The Bertz CT molecular complexity index is 356. The summed E-state index contributed by atoms with van der Waals surface area (Å²) in [6.07, 6.45) is 0. The predicted octanol–water partition coefficient (Wildman–Crippen LogP) is 2.98. The second kappa shape index (κ2) is 7.93. The van der Waals surface area contributed by atoms with Gasteiger partial charge in [0.1, 0.15) is 0 Å². The molecule has 0 atom stereocenters. The summed E-state index contributed by atoms with van der Waals surface area (Å²) in [6.45, 7) is 10.1. The van der Waals surface area contributed by atoms with E-state index in [0.29, 0.717) is 0 Å². The Morgan fingerprint density at radius 2 is 1.74 bits per heavy atom. The number of hydrogen-bond acceptors (Lipinski definition) is 3. The van der Waals surface area contributed by atoms with Gasteiger partial charge < -0.3 is 5.32 Å². The van der Waals surface area contributed by atoms with Gasteiger partial charge in [-0.3, -0.25) is 4.90 Å². The Kier molecular flexibility index (Phi) is 6.21. The molecule has 0 bridgehead atoms. The fraction of sp³-hybridized carbons (Fsp3) is 0.625. The second-order valence-corrected chi connectivity index (χ2v) is 6.95. The molecule has 2 nitrogen and oxygen atoms in total. The summed E-state index contributed by atoms with van der Waals surface area (Å²) in [5, 5.41) is 3.49. The van der Waals surface area contributed by atoms with Crippen molar-refractivity contribution in [3.63, 3.8) is 0 Å². The predicted molar refractivity (Wildman–Crippen MR) is 85.6 cm³/mol. The monoisotopic (exact) mass is 278 g/mol. The minimum absolute atomic E-state index is 0.719.